The van der Waals surface area contributed by atoms with Gasteiger partial charge in [-0.25, -0.2) is 0 Å². The van der Waals surface area contributed by atoms with Crippen molar-refractivity contribution in [1.82, 2.24) is 5.32 Å². The van der Waals surface area contributed by atoms with Crippen LogP contribution in [0.15, 0.2) is 24.3 Å². The van der Waals surface area contributed by atoms with Gasteiger partial charge in [-0.3, -0.25) is 4.79 Å². The number of hydrogen-bond acceptors (Lipinski definition) is 2. The van der Waals surface area contributed by atoms with Gasteiger partial charge in [0, 0.05) is 18.7 Å². The fraction of sp³-hybridized carbons (Fsp3) is 0.533. The van der Waals surface area contributed by atoms with Crippen molar-refractivity contribution in [2.45, 2.75) is 38.7 Å². The average Bonchev–Trinajstić information content (AvgIpc) is 2.40. The van der Waals surface area contributed by atoms with Crippen LogP contribution in [0.1, 0.15) is 42.1 Å². The second-order valence-electron chi connectivity index (χ2n) is 4.75. The van der Waals surface area contributed by atoms with Crippen LogP contribution in [0.3, 0.4) is 0 Å². The SMILES string of the molecule is CCNC(=O)c1cccc(C[C@H]2CCCCO2)c1. The van der Waals surface area contributed by atoms with E-state index in [1.54, 1.807) is 0 Å². The lowest BCUT2D eigenvalue weighted by molar-refractivity contribution is 0.0168. The molecule has 1 fully saturated rings. The maximum Gasteiger partial charge on any atom is 0.251 e. The van der Waals surface area contributed by atoms with E-state index in [0.29, 0.717) is 12.6 Å². The minimum atomic E-state index is 0.00362. The van der Waals surface area contributed by atoms with Crippen LogP contribution in [0.5, 0.6) is 0 Å². The van der Waals surface area contributed by atoms with Crippen molar-refractivity contribution in [3.8, 4) is 0 Å². The summed E-state index contributed by atoms with van der Waals surface area (Å²) in [5.74, 6) is 0.00362. The normalized spacial score (nSPS) is 19.5. The minimum Gasteiger partial charge on any atom is -0.378 e. The Bertz CT molecular complexity index is 397. The van der Waals surface area contributed by atoms with Crippen LogP contribution in [-0.2, 0) is 11.2 Å². The van der Waals surface area contributed by atoms with Crippen LogP contribution in [0.4, 0.5) is 0 Å². The van der Waals surface area contributed by atoms with Crippen molar-refractivity contribution in [1.29, 1.82) is 0 Å². The molecule has 3 nitrogen and oxygen atoms in total. The van der Waals surface area contributed by atoms with Gasteiger partial charge in [-0.05, 0) is 50.3 Å². The van der Waals surface area contributed by atoms with Crippen molar-refractivity contribution < 1.29 is 9.53 Å². The molecule has 0 spiro atoms. The topological polar surface area (TPSA) is 38.3 Å². The summed E-state index contributed by atoms with van der Waals surface area (Å²) < 4.78 is 5.73. The first-order chi connectivity index (χ1) is 8.79. The molecule has 1 atom stereocenters. The third-order valence-corrected chi connectivity index (χ3v) is 3.26. The molecule has 98 valence electrons. The van der Waals surface area contributed by atoms with E-state index < -0.39 is 0 Å². The number of carbonyl (C=O) groups excluding carboxylic acids is 1. The van der Waals surface area contributed by atoms with Gasteiger partial charge in [0.2, 0.25) is 0 Å². The lowest BCUT2D eigenvalue weighted by atomic mass is 10.00. The standard InChI is InChI=1S/C15H21NO2/c1-2-16-15(17)13-7-5-6-12(10-13)11-14-8-3-4-9-18-14/h5-7,10,14H,2-4,8-9,11H2,1H3,(H,16,17)/t14-/m1/s1. The Morgan fingerprint density at radius 1 is 1.44 bits per heavy atom. The molecule has 0 aliphatic carbocycles. The highest BCUT2D eigenvalue weighted by Gasteiger charge is 2.15. The molecule has 1 aliphatic rings. The summed E-state index contributed by atoms with van der Waals surface area (Å²) in [5, 5.41) is 2.82. The van der Waals surface area contributed by atoms with E-state index in [4.69, 9.17) is 4.74 Å². The molecule has 1 N–H and O–H groups in total. The highest BCUT2D eigenvalue weighted by Crippen LogP contribution is 2.17. The molecule has 0 bridgehead atoms. The molecule has 18 heavy (non-hydrogen) atoms. The molecule has 1 amide bonds. The lowest BCUT2D eigenvalue weighted by Crippen LogP contribution is -2.23. The average molecular weight is 247 g/mol. The monoisotopic (exact) mass is 247 g/mol. The predicted molar refractivity (Wildman–Crippen MR) is 71.7 cm³/mol. The maximum absolute atomic E-state index is 11.7. The Morgan fingerprint density at radius 3 is 3.06 bits per heavy atom. The molecule has 1 aromatic rings. The number of benzene rings is 1. The van der Waals surface area contributed by atoms with E-state index in [9.17, 15) is 4.79 Å². The largest absolute Gasteiger partial charge is 0.378 e. The summed E-state index contributed by atoms with van der Waals surface area (Å²) in [6.07, 6.45) is 4.79. The third kappa shape index (κ3) is 3.57. The van der Waals surface area contributed by atoms with Crippen LogP contribution in [-0.4, -0.2) is 25.2 Å². The zero-order chi connectivity index (χ0) is 12.8. The van der Waals surface area contributed by atoms with Gasteiger partial charge in [-0.15, -0.1) is 0 Å². The van der Waals surface area contributed by atoms with Crippen LogP contribution >= 0.6 is 0 Å². The number of carbonyl (C=O) groups is 1. The van der Waals surface area contributed by atoms with Crippen LogP contribution in [0.2, 0.25) is 0 Å². The second-order valence-corrected chi connectivity index (χ2v) is 4.75. The molecule has 1 aliphatic heterocycles. The molecule has 1 saturated heterocycles. The molecule has 1 aromatic carbocycles. The number of ether oxygens (including phenoxy) is 1. The Labute approximate surface area is 109 Å². The molecule has 2 rings (SSSR count). The van der Waals surface area contributed by atoms with Crippen LogP contribution in [0.25, 0.3) is 0 Å². The molecule has 0 radical (unpaired) electrons. The van der Waals surface area contributed by atoms with E-state index in [1.807, 2.05) is 25.1 Å². The Hall–Kier alpha value is -1.35. The summed E-state index contributed by atoms with van der Waals surface area (Å²) in [6, 6.07) is 7.85. The molecule has 0 unspecified atom stereocenters. The number of amides is 1. The third-order valence-electron chi connectivity index (χ3n) is 3.26. The van der Waals surface area contributed by atoms with E-state index in [2.05, 4.69) is 11.4 Å². The quantitative estimate of drug-likeness (QED) is 0.888. The summed E-state index contributed by atoms with van der Waals surface area (Å²) >= 11 is 0. The van der Waals surface area contributed by atoms with Crippen molar-refractivity contribution >= 4 is 5.91 Å². The fourth-order valence-corrected chi connectivity index (χ4v) is 2.33. The van der Waals surface area contributed by atoms with Crippen molar-refractivity contribution in [2.24, 2.45) is 0 Å². The smallest absolute Gasteiger partial charge is 0.251 e. The van der Waals surface area contributed by atoms with Gasteiger partial charge >= 0.3 is 0 Å². The summed E-state index contributed by atoms with van der Waals surface area (Å²) in [4.78, 5) is 11.7. The van der Waals surface area contributed by atoms with Gasteiger partial charge in [-0.1, -0.05) is 12.1 Å². The molecule has 3 heteroatoms. The number of rotatable bonds is 4. The zero-order valence-corrected chi connectivity index (χ0v) is 10.9. The Morgan fingerprint density at radius 2 is 2.33 bits per heavy atom. The van der Waals surface area contributed by atoms with Gasteiger partial charge in [0.1, 0.15) is 0 Å². The Balaban J connectivity index is 2.00. The molecular weight excluding hydrogens is 226 g/mol. The minimum absolute atomic E-state index is 0.00362. The first-order valence-corrected chi connectivity index (χ1v) is 6.78. The summed E-state index contributed by atoms with van der Waals surface area (Å²) in [6.45, 7) is 3.47. The fourth-order valence-electron chi connectivity index (χ4n) is 2.33. The predicted octanol–water partition coefficient (Wildman–Crippen LogP) is 2.55. The van der Waals surface area contributed by atoms with Crippen LogP contribution < -0.4 is 5.32 Å². The molecular formula is C15H21NO2. The molecule has 0 saturated carbocycles. The zero-order valence-electron chi connectivity index (χ0n) is 10.9. The van der Waals surface area contributed by atoms with E-state index in [1.165, 1.54) is 18.4 Å². The maximum atomic E-state index is 11.7. The highest BCUT2D eigenvalue weighted by atomic mass is 16.5. The van der Waals surface area contributed by atoms with Gasteiger partial charge in [0.15, 0.2) is 0 Å². The summed E-state index contributed by atoms with van der Waals surface area (Å²) in [5.41, 5.74) is 1.93. The van der Waals surface area contributed by atoms with E-state index in [-0.39, 0.29) is 5.91 Å². The van der Waals surface area contributed by atoms with Crippen molar-refractivity contribution in [3.63, 3.8) is 0 Å². The first-order valence-electron chi connectivity index (χ1n) is 6.78. The number of hydrogen-bond donors (Lipinski definition) is 1. The van der Waals surface area contributed by atoms with E-state index in [0.717, 1.165) is 25.0 Å². The molecule has 0 aromatic heterocycles. The van der Waals surface area contributed by atoms with Gasteiger partial charge in [-0.2, -0.15) is 0 Å². The van der Waals surface area contributed by atoms with Gasteiger partial charge < -0.3 is 10.1 Å². The molecule has 1 heterocycles. The number of nitrogens with one attached hydrogen (secondary N) is 1. The van der Waals surface area contributed by atoms with Gasteiger partial charge in [0.05, 0.1) is 6.10 Å². The summed E-state index contributed by atoms with van der Waals surface area (Å²) in [7, 11) is 0. The lowest BCUT2D eigenvalue weighted by Gasteiger charge is -2.22. The second kappa shape index (κ2) is 6.55. The van der Waals surface area contributed by atoms with Crippen LogP contribution in [0, 0.1) is 0 Å². The highest BCUT2D eigenvalue weighted by molar-refractivity contribution is 5.94. The van der Waals surface area contributed by atoms with Gasteiger partial charge in [0.25, 0.3) is 5.91 Å². The van der Waals surface area contributed by atoms with E-state index >= 15 is 0 Å². The van der Waals surface area contributed by atoms with Crippen molar-refractivity contribution in [3.05, 3.63) is 35.4 Å². The Kier molecular flexibility index (Phi) is 4.76. The first kappa shape index (κ1) is 13.1. The van der Waals surface area contributed by atoms with Crippen molar-refractivity contribution in [2.75, 3.05) is 13.2 Å².